The van der Waals surface area contributed by atoms with Gasteiger partial charge in [0.1, 0.15) is 16.4 Å². The van der Waals surface area contributed by atoms with Crippen molar-refractivity contribution in [3.63, 3.8) is 0 Å². The third kappa shape index (κ3) is 2.95. The fraction of sp³-hybridized carbons (Fsp3) is 0. The summed E-state index contributed by atoms with van der Waals surface area (Å²) in [4.78, 5) is 10.6. The first-order valence-corrected chi connectivity index (χ1v) is 7.06. The van der Waals surface area contributed by atoms with Crippen LogP contribution in [0.1, 0.15) is 10.4 Å². The number of carbonyl (C=O) groups is 1. The van der Waals surface area contributed by atoms with Crippen molar-refractivity contribution in [3.8, 4) is 11.5 Å². The molecule has 2 aromatic rings. The van der Waals surface area contributed by atoms with Gasteiger partial charge in [0.05, 0.1) is 5.56 Å². The van der Waals surface area contributed by atoms with Gasteiger partial charge in [0.25, 0.3) is 0 Å². The van der Waals surface area contributed by atoms with Gasteiger partial charge in [-0.1, -0.05) is 24.3 Å². The van der Waals surface area contributed by atoms with Crippen molar-refractivity contribution >= 4 is 16.0 Å². The predicted octanol–water partition coefficient (Wildman–Crippen LogP) is 1.82. The van der Waals surface area contributed by atoms with E-state index in [0.29, 0.717) is 5.75 Å². The summed E-state index contributed by atoms with van der Waals surface area (Å²) < 4.78 is 28.6. The third-order valence-corrected chi connectivity index (χ3v) is 3.45. The van der Waals surface area contributed by atoms with Crippen molar-refractivity contribution < 1.29 is 23.1 Å². The molecule has 6 nitrogen and oxygen atoms in total. The summed E-state index contributed by atoms with van der Waals surface area (Å²) in [6.07, 6.45) is 0. The van der Waals surface area contributed by atoms with Gasteiger partial charge >= 0.3 is 5.97 Å². The number of para-hydroxylation sites is 1. The molecule has 0 saturated heterocycles. The van der Waals surface area contributed by atoms with Crippen LogP contribution in [0, 0.1) is 0 Å². The molecule has 0 spiro atoms. The fourth-order valence-electron chi connectivity index (χ4n) is 1.67. The van der Waals surface area contributed by atoms with Crippen molar-refractivity contribution in [1.29, 1.82) is 0 Å². The molecule has 0 amide bonds. The number of rotatable bonds is 4. The maximum atomic E-state index is 11.6. The monoisotopic (exact) mass is 293 g/mol. The Morgan fingerprint density at radius 3 is 2.25 bits per heavy atom. The van der Waals surface area contributed by atoms with Crippen molar-refractivity contribution in [3.05, 3.63) is 54.1 Å². The second kappa shape index (κ2) is 5.32. The zero-order valence-corrected chi connectivity index (χ0v) is 11.0. The number of aromatic carboxylic acids is 1. The van der Waals surface area contributed by atoms with E-state index in [-0.39, 0.29) is 5.75 Å². The van der Waals surface area contributed by atoms with Gasteiger partial charge in [0, 0.05) is 0 Å². The minimum Gasteiger partial charge on any atom is -0.478 e. The summed E-state index contributed by atoms with van der Waals surface area (Å²) in [6.45, 7) is 0. The Morgan fingerprint density at radius 2 is 1.70 bits per heavy atom. The van der Waals surface area contributed by atoms with Crippen LogP contribution >= 0.6 is 0 Å². The van der Waals surface area contributed by atoms with E-state index < -0.39 is 26.5 Å². The van der Waals surface area contributed by atoms with Gasteiger partial charge in [-0.2, -0.15) is 0 Å². The molecule has 0 bridgehead atoms. The molecule has 0 unspecified atom stereocenters. The van der Waals surface area contributed by atoms with Crippen molar-refractivity contribution in [2.75, 3.05) is 0 Å². The Balaban J connectivity index is 2.59. The van der Waals surface area contributed by atoms with E-state index in [1.54, 1.807) is 30.3 Å². The average Bonchev–Trinajstić information content (AvgIpc) is 2.38. The number of primary sulfonamides is 1. The highest BCUT2D eigenvalue weighted by Gasteiger charge is 2.24. The standard InChI is InChI=1S/C13H11NO5S/c14-20(17,18)12-10(13(15)16)7-4-8-11(12)19-9-5-2-1-3-6-9/h1-8H,(H,15,16)(H2,14,17,18). The summed E-state index contributed by atoms with van der Waals surface area (Å²) in [7, 11) is -4.24. The van der Waals surface area contributed by atoms with Crippen LogP contribution in [0.2, 0.25) is 0 Å². The lowest BCUT2D eigenvalue weighted by atomic mass is 10.2. The minimum atomic E-state index is -4.24. The molecule has 2 aromatic carbocycles. The molecule has 0 heterocycles. The zero-order valence-electron chi connectivity index (χ0n) is 10.2. The Hall–Kier alpha value is -2.38. The Bertz CT molecular complexity index is 741. The quantitative estimate of drug-likeness (QED) is 0.894. The van der Waals surface area contributed by atoms with E-state index in [0.717, 1.165) is 6.07 Å². The van der Waals surface area contributed by atoms with Crippen LogP contribution < -0.4 is 9.88 Å². The molecule has 2 rings (SSSR count). The van der Waals surface area contributed by atoms with Gasteiger partial charge in [-0.25, -0.2) is 18.4 Å². The molecular weight excluding hydrogens is 282 g/mol. The zero-order chi connectivity index (χ0) is 14.8. The molecule has 104 valence electrons. The molecule has 20 heavy (non-hydrogen) atoms. The van der Waals surface area contributed by atoms with E-state index in [2.05, 4.69) is 0 Å². The molecule has 0 radical (unpaired) electrons. The van der Waals surface area contributed by atoms with E-state index in [9.17, 15) is 13.2 Å². The number of ether oxygens (including phenoxy) is 1. The van der Waals surface area contributed by atoms with E-state index in [4.69, 9.17) is 15.0 Å². The van der Waals surface area contributed by atoms with Crippen LogP contribution in [0.4, 0.5) is 0 Å². The van der Waals surface area contributed by atoms with Gasteiger partial charge < -0.3 is 9.84 Å². The highest BCUT2D eigenvalue weighted by atomic mass is 32.2. The smallest absolute Gasteiger partial charge is 0.337 e. The van der Waals surface area contributed by atoms with Crippen molar-refractivity contribution in [1.82, 2.24) is 0 Å². The Labute approximate surface area is 115 Å². The largest absolute Gasteiger partial charge is 0.478 e. The van der Waals surface area contributed by atoms with E-state index >= 15 is 0 Å². The van der Waals surface area contributed by atoms with Crippen LogP contribution in [0.25, 0.3) is 0 Å². The lowest BCUT2D eigenvalue weighted by molar-refractivity contribution is 0.0692. The highest BCUT2D eigenvalue weighted by molar-refractivity contribution is 7.89. The average molecular weight is 293 g/mol. The van der Waals surface area contributed by atoms with Crippen molar-refractivity contribution in [2.24, 2.45) is 5.14 Å². The molecule has 0 aliphatic heterocycles. The summed E-state index contributed by atoms with van der Waals surface area (Å²) in [5, 5.41) is 14.1. The molecular formula is C13H11NO5S. The molecule has 0 saturated carbocycles. The molecule has 7 heteroatoms. The molecule has 0 atom stereocenters. The molecule has 3 N–H and O–H groups in total. The molecule has 0 fully saturated rings. The van der Waals surface area contributed by atoms with Gasteiger partial charge in [-0.05, 0) is 24.3 Å². The number of hydrogen-bond donors (Lipinski definition) is 2. The number of hydrogen-bond acceptors (Lipinski definition) is 4. The fourth-order valence-corrected chi connectivity index (χ4v) is 2.53. The van der Waals surface area contributed by atoms with Crippen LogP contribution in [-0.4, -0.2) is 19.5 Å². The molecule has 0 aliphatic carbocycles. The number of carboxylic acids is 1. The first-order valence-electron chi connectivity index (χ1n) is 5.51. The maximum Gasteiger partial charge on any atom is 0.337 e. The Morgan fingerprint density at radius 1 is 1.05 bits per heavy atom. The number of sulfonamides is 1. The van der Waals surface area contributed by atoms with Crippen LogP contribution in [0.15, 0.2) is 53.4 Å². The summed E-state index contributed by atoms with van der Waals surface area (Å²) in [5.74, 6) is -1.15. The first-order chi connectivity index (χ1) is 9.39. The number of benzene rings is 2. The van der Waals surface area contributed by atoms with Crippen molar-refractivity contribution in [2.45, 2.75) is 4.90 Å². The SMILES string of the molecule is NS(=O)(=O)c1c(Oc2ccccc2)cccc1C(=O)O. The summed E-state index contributed by atoms with van der Waals surface area (Å²) in [5.41, 5.74) is -0.430. The Kier molecular flexibility index (Phi) is 3.73. The second-order valence-corrected chi connectivity index (χ2v) is 5.40. The predicted molar refractivity (Wildman–Crippen MR) is 71.3 cm³/mol. The maximum absolute atomic E-state index is 11.6. The number of nitrogens with two attached hydrogens (primary N) is 1. The van der Waals surface area contributed by atoms with Gasteiger partial charge in [0.2, 0.25) is 10.0 Å². The lowest BCUT2D eigenvalue weighted by Gasteiger charge is -2.11. The molecule has 0 aliphatic rings. The summed E-state index contributed by atoms with van der Waals surface area (Å²) >= 11 is 0. The third-order valence-electron chi connectivity index (χ3n) is 2.46. The second-order valence-electron chi connectivity index (χ2n) is 3.90. The normalized spacial score (nSPS) is 11.1. The van der Waals surface area contributed by atoms with Gasteiger partial charge in [-0.3, -0.25) is 0 Å². The van der Waals surface area contributed by atoms with E-state index in [1.807, 2.05) is 0 Å². The number of carboxylic acid groups (broad SMARTS) is 1. The lowest BCUT2D eigenvalue weighted by Crippen LogP contribution is -2.17. The van der Waals surface area contributed by atoms with Crippen LogP contribution in [-0.2, 0) is 10.0 Å². The first kappa shape index (κ1) is 14.0. The van der Waals surface area contributed by atoms with E-state index in [1.165, 1.54) is 12.1 Å². The topological polar surface area (TPSA) is 107 Å². The summed E-state index contributed by atoms with van der Waals surface area (Å²) in [6, 6.07) is 12.3. The molecule has 0 aromatic heterocycles. The van der Waals surface area contributed by atoms with Crippen LogP contribution in [0.5, 0.6) is 11.5 Å². The minimum absolute atomic E-state index is 0.126. The van der Waals surface area contributed by atoms with Crippen LogP contribution in [0.3, 0.4) is 0 Å². The van der Waals surface area contributed by atoms with Gasteiger partial charge in [-0.15, -0.1) is 0 Å². The highest BCUT2D eigenvalue weighted by Crippen LogP contribution is 2.30. The van der Waals surface area contributed by atoms with Gasteiger partial charge in [0.15, 0.2) is 0 Å².